The summed E-state index contributed by atoms with van der Waals surface area (Å²) in [5, 5.41) is 7.75. The molecule has 1 amide bonds. The van der Waals surface area contributed by atoms with E-state index in [4.69, 9.17) is 4.74 Å². The Bertz CT molecular complexity index is 919. The van der Waals surface area contributed by atoms with E-state index in [1.165, 1.54) is 11.3 Å². The van der Waals surface area contributed by atoms with Crippen LogP contribution in [0.4, 0.5) is 5.69 Å². The summed E-state index contributed by atoms with van der Waals surface area (Å²) >= 11 is 1.33. The molecule has 144 valence electrons. The number of thiophene rings is 1. The average Bonchev–Trinajstić information content (AvgIpc) is 3.24. The number of benzene rings is 2. The van der Waals surface area contributed by atoms with Gasteiger partial charge in [0.25, 0.3) is 5.91 Å². The second-order valence-corrected chi connectivity index (χ2v) is 7.16. The highest BCUT2D eigenvalue weighted by molar-refractivity contribution is 7.12. The molecule has 0 aliphatic rings. The van der Waals surface area contributed by atoms with Gasteiger partial charge < -0.3 is 15.4 Å². The number of rotatable bonds is 8. The van der Waals surface area contributed by atoms with Crippen LogP contribution in [-0.4, -0.2) is 24.5 Å². The summed E-state index contributed by atoms with van der Waals surface area (Å²) in [5.74, 6) is 0.245. The number of amides is 1. The molecule has 5 nitrogen and oxygen atoms in total. The fourth-order valence-corrected chi connectivity index (χ4v) is 3.27. The van der Waals surface area contributed by atoms with Crippen molar-refractivity contribution in [3.05, 3.63) is 82.0 Å². The summed E-state index contributed by atoms with van der Waals surface area (Å²) in [6.45, 7) is 4.46. The fourth-order valence-electron chi connectivity index (χ4n) is 2.64. The minimum absolute atomic E-state index is 0.209. The van der Waals surface area contributed by atoms with Gasteiger partial charge in [-0.25, -0.2) is 0 Å². The van der Waals surface area contributed by atoms with Gasteiger partial charge in [0.1, 0.15) is 5.75 Å². The topological polar surface area (TPSA) is 67.4 Å². The molecule has 0 radical (unpaired) electrons. The second kappa shape index (κ2) is 9.19. The Morgan fingerprint density at radius 3 is 2.36 bits per heavy atom. The number of ether oxygens (including phenoxy) is 1. The van der Waals surface area contributed by atoms with Crippen molar-refractivity contribution in [2.24, 2.45) is 0 Å². The van der Waals surface area contributed by atoms with Crippen molar-refractivity contribution < 1.29 is 14.3 Å². The van der Waals surface area contributed by atoms with Crippen LogP contribution in [0, 0.1) is 6.92 Å². The minimum atomic E-state index is -0.893. The predicted molar refractivity (Wildman–Crippen MR) is 112 cm³/mol. The molecule has 2 aromatic carbocycles. The van der Waals surface area contributed by atoms with E-state index in [0.717, 1.165) is 11.3 Å². The minimum Gasteiger partial charge on any atom is -0.494 e. The molecule has 0 unspecified atom stereocenters. The normalized spacial score (nSPS) is 11.5. The molecule has 28 heavy (non-hydrogen) atoms. The van der Waals surface area contributed by atoms with Crippen molar-refractivity contribution in [3.8, 4) is 5.75 Å². The number of ketones is 1. The third-order valence-corrected chi connectivity index (χ3v) is 4.96. The molecule has 3 rings (SSSR count). The summed E-state index contributed by atoms with van der Waals surface area (Å²) < 4.78 is 5.44. The van der Waals surface area contributed by atoms with Crippen LogP contribution in [0.1, 0.15) is 32.5 Å². The van der Waals surface area contributed by atoms with Gasteiger partial charge in [-0.3, -0.25) is 9.59 Å². The van der Waals surface area contributed by atoms with Gasteiger partial charge in [-0.2, -0.15) is 0 Å². The maximum absolute atomic E-state index is 13.0. The Kier molecular flexibility index (Phi) is 6.45. The van der Waals surface area contributed by atoms with Crippen molar-refractivity contribution in [1.82, 2.24) is 5.32 Å². The molecular formula is C22H22N2O3S. The highest BCUT2D eigenvalue weighted by atomic mass is 32.1. The van der Waals surface area contributed by atoms with Gasteiger partial charge in [0.15, 0.2) is 6.17 Å². The van der Waals surface area contributed by atoms with Crippen molar-refractivity contribution in [3.63, 3.8) is 0 Å². The van der Waals surface area contributed by atoms with E-state index in [0.29, 0.717) is 22.7 Å². The van der Waals surface area contributed by atoms with E-state index in [1.807, 2.05) is 55.6 Å². The lowest BCUT2D eigenvalue weighted by Crippen LogP contribution is -2.46. The SMILES string of the molecule is CCOc1ccc(N[C@@H](NC(=O)c2cccs2)C(=O)c2ccc(C)cc2)cc1. The first-order chi connectivity index (χ1) is 13.6. The molecule has 1 heterocycles. The lowest BCUT2D eigenvalue weighted by Gasteiger charge is -2.20. The number of hydrogen-bond acceptors (Lipinski definition) is 5. The summed E-state index contributed by atoms with van der Waals surface area (Å²) in [5.41, 5.74) is 2.30. The molecule has 6 heteroatoms. The molecule has 0 aliphatic heterocycles. The Labute approximate surface area is 168 Å². The quantitative estimate of drug-likeness (QED) is 0.436. The summed E-state index contributed by atoms with van der Waals surface area (Å²) in [6, 6.07) is 18.1. The number of hydrogen-bond donors (Lipinski definition) is 2. The van der Waals surface area contributed by atoms with E-state index in [9.17, 15) is 9.59 Å². The van der Waals surface area contributed by atoms with Gasteiger partial charge in [0.2, 0.25) is 5.78 Å². The number of carbonyl (C=O) groups is 2. The van der Waals surface area contributed by atoms with Gasteiger partial charge in [-0.05, 0) is 49.6 Å². The standard InChI is InChI=1S/C22H22N2O3S/c1-3-27-18-12-10-17(11-13-18)23-21(24-22(26)19-5-4-14-28-19)20(25)16-8-6-15(2)7-9-16/h4-14,21,23H,3H2,1-2H3,(H,24,26)/t21-/m0/s1. The molecule has 0 saturated heterocycles. The van der Waals surface area contributed by atoms with Crippen molar-refractivity contribution in [2.75, 3.05) is 11.9 Å². The van der Waals surface area contributed by atoms with Crippen molar-refractivity contribution in [1.29, 1.82) is 0 Å². The fraction of sp³-hybridized carbons (Fsp3) is 0.182. The zero-order valence-corrected chi connectivity index (χ0v) is 16.6. The number of carbonyl (C=O) groups excluding carboxylic acids is 2. The van der Waals surface area contributed by atoms with Crippen LogP contribution >= 0.6 is 11.3 Å². The van der Waals surface area contributed by atoms with Crippen molar-refractivity contribution in [2.45, 2.75) is 20.0 Å². The number of anilines is 1. The first-order valence-electron chi connectivity index (χ1n) is 9.01. The average molecular weight is 394 g/mol. The molecule has 0 saturated carbocycles. The van der Waals surface area contributed by atoms with Crippen LogP contribution in [0.2, 0.25) is 0 Å². The van der Waals surface area contributed by atoms with E-state index < -0.39 is 6.17 Å². The van der Waals surface area contributed by atoms with Gasteiger partial charge in [-0.1, -0.05) is 35.9 Å². The molecule has 0 fully saturated rings. The lowest BCUT2D eigenvalue weighted by molar-refractivity contribution is 0.0872. The largest absolute Gasteiger partial charge is 0.494 e. The van der Waals surface area contributed by atoms with Crippen LogP contribution in [0.25, 0.3) is 0 Å². The zero-order valence-electron chi connectivity index (χ0n) is 15.8. The van der Waals surface area contributed by atoms with E-state index in [2.05, 4.69) is 10.6 Å². The Balaban J connectivity index is 1.81. The predicted octanol–water partition coefficient (Wildman–Crippen LogP) is 4.51. The summed E-state index contributed by atoms with van der Waals surface area (Å²) in [7, 11) is 0. The lowest BCUT2D eigenvalue weighted by atomic mass is 10.1. The van der Waals surface area contributed by atoms with E-state index >= 15 is 0 Å². The number of nitrogens with one attached hydrogen (secondary N) is 2. The molecule has 0 spiro atoms. The van der Waals surface area contributed by atoms with Crippen LogP contribution < -0.4 is 15.4 Å². The Morgan fingerprint density at radius 2 is 1.75 bits per heavy atom. The summed E-state index contributed by atoms with van der Waals surface area (Å²) in [4.78, 5) is 26.1. The third-order valence-electron chi connectivity index (χ3n) is 4.09. The molecule has 2 N–H and O–H groups in total. The Morgan fingerprint density at radius 1 is 1.04 bits per heavy atom. The number of Topliss-reactive ketones (excluding diaryl/α,β-unsaturated/α-hetero) is 1. The van der Waals surface area contributed by atoms with Gasteiger partial charge in [0.05, 0.1) is 11.5 Å². The second-order valence-electron chi connectivity index (χ2n) is 6.22. The molecular weight excluding hydrogens is 372 g/mol. The molecule has 3 aromatic rings. The van der Waals surface area contributed by atoms with Crippen LogP contribution in [-0.2, 0) is 0 Å². The summed E-state index contributed by atoms with van der Waals surface area (Å²) in [6.07, 6.45) is -0.893. The third kappa shape index (κ3) is 4.98. The zero-order chi connectivity index (χ0) is 19.9. The van der Waals surface area contributed by atoms with Crippen LogP contribution in [0.5, 0.6) is 5.75 Å². The maximum Gasteiger partial charge on any atom is 0.263 e. The maximum atomic E-state index is 13.0. The highest BCUT2D eigenvalue weighted by Gasteiger charge is 2.23. The number of aryl methyl sites for hydroxylation is 1. The highest BCUT2D eigenvalue weighted by Crippen LogP contribution is 2.18. The van der Waals surface area contributed by atoms with Gasteiger partial charge >= 0.3 is 0 Å². The van der Waals surface area contributed by atoms with Crippen LogP contribution in [0.3, 0.4) is 0 Å². The van der Waals surface area contributed by atoms with E-state index in [-0.39, 0.29) is 11.7 Å². The van der Waals surface area contributed by atoms with E-state index in [1.54, 1.807) is 24.3 Å². The monoisotopic (exact) mass is 394 g/mol. The van der Waals surface area contributed by atoms with Crippen molar-refractivity contribution >= 4 is 28.7 Å². The van der Waals surface area contributed by atoms with Gasteiger partial charge in [-0.15, -0.1) is 11.3 Å². The molecule has 0 aliphatic carbocycles. The molecule has 1 atom stereocenters. The Hall–Kier alpha value is -3.12. The molecule has 1 aromatic heterocycles. The smallest absolute Gasteiger partial charge is 0.263 e. The van der Waals surface area contributed by atoms with Crippen LogP contribution in [0.15, 0.2) is 66.0 Å². The molecule has 0 bridgehead atoms. The first-order valence-corrected chi connectivity index (χ1v) is 9.89. The first kappa shape index (κ1) is 19.6. The van der Waals surface area contributed by atoms with Gasteiger partial charge in [0, 0.05) is 11.3 Å².